The maximum absolute atomic E-state index is 12.3. The summed E-state index contributed by atoms with van der Waals surface area (Å²) >= 11 is 5.81. The van der Waals surface area contributed by atoms with Gasteiger partial charge in [-0.15, -0.1) is 0 Å². The molecule has 0 fully saturated rings. The number of carbonyl (C=O) groups is 2. The number of Topliss-reactive ketones (excluding diaryl/α,β-unsaturated/α-hetero) is 1. The quantitative estimate of drug-likeness (QED) is 0.691. The number of ether oxygens (including phenoxy) is 1. The molecule has 2 rings (SSSR count). The third-order valence-electron chi connectivity index (χ3n) is 3.28. The highest BCUT2D eigenvalue weighted by molar-refractivity contribution is 6.31. The van der Waals surface area contributed by atoms with E-state index in [0.29, 0.717) is 5.56 Å². The van der Waals surface area contributed by atoms with Crippen molar-refractivity contribution in [3.8, 4) is 5.75 Å². The van der Waals surface area contributed by atoms with Gasteiger partial charge in [0.25, 0.3) is 0 Å². The number of rotatable bonds is 7. The van der Waals surface area contributed by atoms with Crippen LogP contribution in [0.25, 0.3) is 0 Å². The van der Waals surface area contributed by atoms with Crippen LogP contribution >= 0.6 is 11.6 Å². The van der Waals surface area contributed by atoms with Gasteiger partial charge in [0.05, 0.1) is 5.69 Å². The third-order valence-corrected chi connectivity index (χ3v) is 3.52. The van der Waals surface area contributed by atoms with Gasteiger partial charge in [-0.2, -0.15) is 13.2 Å². The molecule has 0 atom stereocenters. The normalized spacial score (nSPS) is 11.1. The van der Waals surface area contributed by atoms with Crippen LogP contribution in [0.3, 0.4) is 0 Å². The lowest BCUT2D eigenvalue weighted by Gasteiger charge is -2.14. The van der Waals surface area contributed by atoms with E-state index >= 15 is 0 Å². The second-order valence-corrected chi connectivity index (χ2v) is 5.82. The SMILES string of the molecule is O=C(CCC(=O)c1ccccc1)Nc1cc(Cl)ccc1OCC(F)(F)F. The molecule has 4 nitrogen and oxygen atoms in total. The van der Waals surface area contributed by atoms with Crippen molar-refractivity contribution in [3.05, 3.63) is 59.1 Å². The highest BCUT2D eigenvalue weighted by atomic mass is 35.5. The molecule has 0 aliphatic carbocycles. The molecular weight excluding hydrogens is 371 g/mol. The molecule has 0 aliphatic rings. The first-order valence-electron chi connectivity index (χ1n) is 7.62. The molecule has 0 unspecified atom stereocenters. The molecule has 1 amide bonds. The smallest absolute Gasteiger partial charge is 0.422 e. The Labute approximate surface area is 152 Å². The summed E-state index contributed by atoms with van der Waals surface area (Å²) in [6.45, 7) is -1.50. The number of amides is 1. The number of benzene rings is 2. The first-order valence-corrected chi connectivity index (χ1v) is 7.99. The van der Waals surface area contributed by atoms with Crippen molar-refractivity contribution in [1.29, 1.82) is 0 Å². The lowest BCUT2D eigenvalue weighted by molar-refractivity contribution is -0.153. The molecule has 8 heteroatoms. The fraction of sp³-hybridized carbons (Fsp3) is 0.222. The van der Waals surface area contributed by atoms with Crippen LogP contribution < -0.4 is 10.1 Å². The molecule has 26 heavy (non-hydrogen) atoms. The van der Waals surface area contributed by atoms with Crippen LogP contribution in [0.1, 0.15) is 23.2 Å². The Morgan fingerprint density at radius 2 is 1.73 bits per heavy atom. The molecule has 2 aromatic rings. The van der Waals surface area contributed by atoms with E-state index in [1.165, 1.54) is 18.2 Å². The second-order valence-electron chi connectivity index (χ2n) is 5.38. The maximum atomic E-state index is 12.3. The minimum absolute atomic E-state index is 0.0129. The van der Waals surface area contributed by atoms with Gasteiger partial charge in [0.1, 0.15) is 5.75 Å². The summed E-state index contributed by atoms with van der Waals surface area (Å²) in [5, 5.41) is 2.65. The molecule has 0 bridgehead atoms. The first kappa shape index (κ1) is 19.8. The Bertz CT molecular complexity index is 779. The van der Waals surface area contributed by atoms with Crippen LogP contribution in [0, 0.1) is 0 Å². The van der Waals surface area contributed by atoms with E-state index in [1.54, 1.807) is 30.3 Å². The maximum Gasteiger partial charge on any atom is 0.422 e. The molecule has 2 aromatic carbocycles. The molecule has 0 radical (unpaired) electrons. The fourth-order valence-corrected chi connectivity index (χ4v) is 2.27. The van der Waals surface area contributed by atoms with Gasteiger partial charge in [0, 0.05) is 23.4 Å². The second kappa shape index (κ2) is 8.71. The Kier molecular flexibility index (Phi) is 6.63. The topological polar surface area (TPSA) is 55.4 Å². The standard InChI is InChI=1S/C18H15ClF3NO3/c19-13-6-8-16(26-11-18(20,21)22)14(10-13)23-17(25)9-7-15(24)12-4-2-1-3-5-12/h1-6,8,10H,7,9,11H2,(H,23,25). The van der Waals surface area contributed by atoms with Gasteiger partial charge in [-0.05, 0) is 18.2 Å². The molecule has 0 aromatic heterocycles. The number of carbonyl (C=O) groups excluding carboxylic acids is 2. The summed E-state index contributed by atoms with van der Waals surface area (Å²) < 4.78 is 41.6. The monoisotopic (exact) mass is 385 g/mol. The highest BCUT2D eigenvalue weighted by Crippen LogP contribution is 2.30. The Balaban J connectivity index is 1.97. The summed E-state index contributed by atoms with van der Waals surface area (Å²) in [6, 6.07) is 12.3. The van der Waals surface area contributed by atoms with Gasteiger partial charge in [-0.25, -0.2) is 0 Å². The number of anilines is 1. The van der Waals surface area contributed by atoms with Gasteiger partial charge in [-0.3, -0.25) is 9.59 Å². The number of ketones is 1. The van der Waals surface area contributed by atoms with E-state index in [2.05, 4.69) is 10.1 Å². The molecule has 0 spiro atoms. The Hall–Kier alpha value is -2.54. The average molecular weight is 386 g/mol. The molecule has 0 saturated heterocycles. The van der Waals surface area contributed by atoms with E-state index in [0.717, 1.165) is 0 Å². The minimum atomic E-state index is -4.51. The van der Waals surface area contributed by atoms with Gasteiger partial charge in [-0.1, -0.05) is 41.9 Å². The van der Waals surface area contributed by atoms with Crippen molar-refractivity contribution < 1.29 is 27.5 Å². The van der Waals surface area contributed by atoms with E-state index in [9.17, 15) is 22.8 Å². The predicted octanol–water partition coefficient (Wildman–Crippen LogP) is 4.88. The molecule has 0 aliphatic heterocycles. The van der Waals surface area contributed by atoms with Crippen LogP contribution in [-0.2, 0) is 4.79 Å². The number of hydrogen-bond donors (Lipinski definition) is 1. The largest absolute Gasteiger partial charge is 0.482 e. The number of halogens is 4. The predicted molar refractivity (Wildman–Crippen MR) is 91.6 cm³/mol. The lowest BCUT2D eigenvalue weighted by atomic mass is 10.1. The molecule has 0 saturated carbocycles. The van der Waals surface area contributed by atoms with Crippen molar-refractivity contribution >= 4 is 29.0 Å². The number of hydrogen-bond acceptors (Lipinski definition) is 3. The highest BCUT2D eigenvalue weighted by Gasteiger charge is 2.29. The number of nitrogens with one attached hydrogen (secondary N) is 1. The van der Waals surface area contributed by atoms with Crippen LogP contribution in [0.2, 0.25) is 5.02 Å². The zero-order chi connectivity index (χ0) is 19.2. The number of alkyl halides is 3. The van der Waals surface area contributed by atoms with Crippen molar-refractivity contribution in [3.63, 3.8) is 0 Å². The van der Waals surface area contributed by atoms with E-state index in [-0.39, 0.29) is 35.1 Å². The summed E-state index contributed by atoms with van der Waals surface area (Å²) in [7, 11) is 0. The van der Waals surface area contributed by atoms with Crippen molar-refractivity contribution in [2.75, 3.05) is 11.9 Å². The van der Waals surface area contributed by atoms with Crippen LogP contribution in [0.5, 0.6) is 5.75 Å². The van der Waals surface area contributed by atoms with Crippen molar-refractivity contribution in [1.82, 2.24) is 0 Å². The third kappa shape index (κ3) is 6.40. The van der Waals surface area contributed by atoms with Crippen LogP contribution in [0.4, 0.5) is 18.9 Å². The van der Waals surface area contributed by atoms with E-state index < -0.39 is 18.7 Å². The Morgan fingerprint density at radius 3 is 2.38 bits per heavy atom. The molecule has 0 heterocycles. The van der Waals surface area contributed by atoms with Gasteiger partial charge in [0.15, 0.2) is 12.4 Å². The summed E-state index contributed by atoms with van der Waals surface area (Å²) in [5.41, 5.74) is 0.496. The van der Waals surface area contributed by atoms with E-state index in [1.807, 2.05) is 0 Å². The van der Waals surface area contributed by atoms with Gasteiger partial charge >= 0.3 is 6.18 Å². The zero-order valence-electron chi connectivity index (χ0n) is 13.5. The molecule has 138 valence electrons. The molecular formula is C18H15ClF3NO3. The van der Waals surface area contributed by atoms with Gasteiger partial charge < -0.3 is 10.1 Å². The van der Waals surface area contributed by atoms with Crippen LogP contribution in [-0.4, -0.2) is 24.5 Å². The first-order chi connectivity index (χ1) is 12.2. The summed E-state index contributed by atoms with van der Waals surface area (Å²) in [5.74, 6) is -0.900. The van der Waals surface area contributed by atoms with Gasteiger partial charge in [0.2, 0.25) is 5.91 Å². The Morgan fingerprint density at radius 1 is 1.04 bits per heavy atom. The summed E-state index contributed by atoms with van der Waals surface area (Å²) in [4.78, 5) is 24.0. The van der Waals surface area contributed by atoms with E-state index in [4.69, 9.17) is 11.6 Å². The van der Waals surface area contributed by atoms with Crippen LogP contribution in [0.15, 0.2) is 48.5 Å². The zero-order valence-corrected chi connectivity index (χ0v) is 14.2. The van der Waals surface area contributed by atoms with Crippen molar-refractivity contribution in [2.24, 2.45) is 0 Å². The summed E-state index contributed by atoms with van der Waals surface area (Å²) in [6.07, 6.45) is -4.67. The molecule has 1 N–H and O–H groups in total. The fourth-order valence-electron chi connectivity index (χ4n) is 2.09. The average Bonchev–Trinajstić information content (AvgIpc) is 2.59. The minimum Gasteiger partial charge on any atom is -0.482 e. The lowest BCUT2D eigenvalue weighted by Crippen LogP contribution is -2.20. The van der Waals surface area contributed by atoms with Crippen molar-refractivity contribution in [2.45, 2.75) is 19.0 Å².